The number of carbonyl (C=O) groups is 2. The Labute approximate surface area is 158 Å². The van der Waals surface area contributed by atoms with Crippen LogP contribution in [0.3, 0.4) is 0 Å². The van der Waals surface area contributed by atoms with Crippen molar-refractivity contribution in [3.63, 3.8) is 0 Å². The van der Waals surface area contributed by atoms with Crippen molar-refractivity contribution in [1.82, 2.24) is 4.90 Å². The Morgan fingerprint density at radius 2 is 1.48 bits per heavy atom. The van der Waals surface area contributed by atoms with Gasteiger partial charge in [-0.2, -0.15) is 0 Å². The highest BCUT2D eigenvalue weighted by Gasteiger charge is 2.28. The predicted octanol–water partition coefficient (Wildman–Crippen LogP) is 4.23. The first-order valence-corrected chi connectivity index (χ1v) is 9.30. The second kappa shape index (κ2) is 8.33. The van der Waals surface area contributed by atoms with E-state index in [0.717, 1.165) is 19.3 Å². The SMILES string of the molecule is C[C@H]1CCC[C@H](C)N1C(=O)COc1ccc(C(=O)c2ccc(F)cc2)cc1. The Morgan fingerprint density at radius 3 is 2.04 bits per heavy atom. The topological polar surface area (TPSA) is 46.6 Å². The van der Waals surface area contributed by atoms with Gasteiger partial charge in [0.1, 0.15) is 11.6 Å². The molecule has 5 heteroatoms. The molecule has 3 rings (SSSR count). The number of piperidine rings is 1. The van der Waals surface area contributed by atoms with Crippen LogP contribution in [0.4, 0.5) is 4.39 Å². The predicted molar refractivity (Wildman–Crippen MR) is 101 cm³/mol. The molecule has 4 nitrogen and oxygen atoms in total. The third-order valence-corrected chi connectivity index (χ3v) is 5.07. The lowest BCUT2D eigenvalue weighted by Crippen LogP contribution is -2.49. The van der Waals surface area contributed by atoms with Gasteiger partial charge in [0.25, 0.3) is 5.91 Å². The van der Waals surface area contributed by atoms with E-state index in [1.165, 1.54) is 24.3 Å². The molecule has 1 aliphatic heterocycles. The number of halogens is 1. The summed E-state index contributed by atoms with van der Waals surface area (Å²) in [4.78, 5) is 26.8. The Hall–Kier alpha value is -2.69. The van der Waals surface area contributed by atoms with E-state index in [1.54, 1.807) is 24.3 Å². The van der Waals surface area contributed by atoms with Gasteiger partial charge in [0.2, 0.25) is 0 Å². The highest BCUT2D eigenvalue weighted by molar-refractivity contribution is 6.09. The third-order valence-electron chi connectivity index (χ3n) is 5.07. The normalized spacial score (nSPS) is 19.6. The molecule has 0 N–H and O–H groups in total. The van der Waals surface area contributed by atoms with Crippen LogP contribution in [0.15, 0.2) is 48.5 Å². The Balaban J connectivity index is 1.60. The quantitative estimate of drug-likeness (QED) is 0.741. The second-order valence-electron chi connectivity index (χ2n) is 7.08. The molecule has 1 saturated heterocycles. The van der Waals surface area contributed by atoms with E-state index < -0.39 is 0 Å². The Kier molecular flexibility index (Phi) is 5.89. The van der Waals surface area contributed by atoms with Crippen LogP contribution < -0.4 is 4.74 Å². The highest BCUT2D eigenvalue weighted by Crippen LogP contribution is 2.23. The number of ketones is 1. The van der Waals surface area contributed by atoms with Gasteiger partial charge >= 0.3 is 0 Å². The van der Waals surface area contributed by atoms with Crippen molar-refractivity contribution < 1.29 is 18.7 Å². The zero-order chi connectivity index (χ0) is 19.4. The summed E-state index contributed by atoms with van der Waals surface area (Å²) >= 11 is 0. The lowest BCUT2D eigenvalue weighted by atomic mass is 9.97. The van der Waals surface area contributed by atoms with Gasteiger partial charge < -0.3 is 9.64 Å². The third kappa shape index (κ3) is 4.54. The van der Waals surface area contributed by atoms with Crippen molar-refractivity contribution in [2.45, 2.75) is 45.2 Å². The van der Waals surface area contributed by atoms with E-state index in [-0.39, 0.29) is 36.2 Å². The van der Waals surface area contributed by atoms with Crippen LogP contribution in [-0.4, -0.2) is 35.3 Å². The first-order chi connectivity index (χ1) is 13.0. The van der Waals surface area contributed by atoms with Crippen molar-refractivity contribution in [3.05, 3.63) is 65.5 Å². The minimum Gasteiger partial charge on any atom is -0.484 e. The lowest BCUT2D eigenvalue weighted by Gasteiger charge is -2.38. The van der Waals surface area contributed by atoms with Crippen molar-refractivity contribution in [2.75, 3.05) is 6.61 Å². The summed E-state index contributed by atoms with van der Waals surface area (Å²) in [5.74, 6) is -0.0385. The molecule has 1 aliphatic rings. The molecule has 0 aliphatic carbocycles. The smallest absolute Gasteiger partial charge is 0.260 e. The average Bonchev–Trinajstić information content (AvgIpc) is 2.67. The van der Waals surface area contributed by atoms with Crippen LogP contribution in [0.5, 0.6) is 5.75 Å². The molecule has 1 amide bonds. The Morgan fingerprint density at radius 1 is 0.963 bits per heavy atom. The van der Waals surface area contributed by atoms with Crippen LogP contribution in [-0.2, 0) is 4.79 Å². The van der Waals surface area contributed by atoms with Gasteiger partial charge in [-0.05, 0) is 81.6 Å². The minimum atomic E-state index is -0.377. The fraction of sp³-hybridized carbons (Fsp3) is 0.364. The number of carbonyl (C=O) groups excluding carboxylic acids is 2. The van der Waals surface area contributed by atoms with Gasteiger partial charge in [-0.1, -0.05) is 0 Å². The van der Waals surface area contributed by atoms with Gasteiger partial charge in [-0.3, -0.25) is 9.59 Å². The lowest BCUT2D eigenvalue weighted by molar-refractivity contribution is -0.139. The van der Waals surface area contributed by atoms with Crippen LogP contribution >= 0.6 is 0 Å². The largest absolute Gasteiger partial charge is 0.484 e. The summed E-state index contributed by atoms with van der Waals surface area (Å²) in [7, 11) is 0. The molecule has 2 aromatic carbocycles. The summed E-state index contributed by atoms with van der Waals surface area (Å²) in [5, 5.41) is 0. The van der Waals surface area contributed by atoms with Gasteiger partial charge in [-0.15, -0.1) is 0 Å². The maximum absolute atomic E-state index is 13.0. The van der Waals surface area contributed by atoms with Crippen molar-refractivity contribution >= 4 is 11.7 Å². The van der Waals surface area contributed by atoms with E-state index >= 15 is 0 Å². The molecule has 0 aromatic heterocycles. The summed E-state index contributed by atoms with van der Waals surface area (Å²) in [6, 6.07) is 12.6. The number of amides is 1. The fourth-order valence-electron chi connectivity index (χ4n) is 3.60. The molecular weight excluding hydrogens is 345 g/mol. The van der Waals surface area contributed by atoms with Crippen molar-refractivity contribution in [3.8, 4) is 5.75 Å². The molecule has 142 valence electrons. The van der Waals surface area contributed by atoms with E-state index in [1.807, 2.05) is 4.90 Å². The molecule has 2 aromatic rings. The molecule has 2 atom stereocenters. The summed E-state index contributed by atoms with van der Waals surface area (Å²) in [6.45, 7) is 4.13. The summed E-state index contributed by atoms with van der Waals surface area (Å²) < 4.78 is 18.6. The monoisotopic (exact) mass is 369 g/mol. The highest BCUT2D eigenvalue weighted by atomic mass is 19.1. The van der Waals surface area contributed by atoms with Crippen molar-refractivity contribution in [1.29, 1.82) is 0 Å². The number of hydrogen-bond acceptors (Lipinski definition) is 3. The molecule has 1 fully saturated rings. The molecule has 0 unspecified atom stereocenters. The van der Waals surface area contributed by atoms with Crippen LogP contribution in [0.2, 0.25) is 0 Å². The van der Waals surface area contributed by atoms with Crippen LogP contribution in [0, 0.1) is 5.82 Å². The summed E-state index contributed by atoms with van der Waals surface area (Å²) in [6.07, 6.45) is 3.20. The minimum absolute atomic E-state index is 0.0128. The van der Waals surface area contributed by atoms with E-state index in [4.69, 9.17) is 4.74 Å². The number of rotatable bonds is 5. The van der Waals surface area contributed by atoms with E-state index in [2.05, 4.69) is 13.8 Å². The van der Waals surface area contributed by atoms with Gasteiger partial charge in [0.05, 0.1) is 0 Å². The zero-order valence-electron chi connectivity index (χ0n) is 15.7. The number of ether oxygens (including phenoxy) is 1. The van der Waals surface area contributed by atoms with Crippen molar-refractivity contribution in [2.24, 2.45) is 0 Å². The maximum atomic E-state index is 13.0. The number of likely N-dealkylation sites (tertiary alicyclic amines) is 1. The van der Waals surface area contributed by atoms with Gasteiger partial charge in [0.15, 0.2) is 12.4 Å². The van der Waals surface area contributed by atoms with E-state index in [9.17, 15) is 14.0 Å². The molecule has 0 spiro atoms. The first kappa shape index (κ1) is 19.1. The molecule has 0 bridgehead atoms. The van der Waals surface area contributed by atoms with Gasteiger partial charge in [0, 0.05) is 23.2 Å². The molecule has 0 saturated carbocycles. The molecule has 0 radical (unpaired) electrons. The first-order valence-electron chi connectivity index (χ1n) is 9.30. The van der Waals surface area contributed by atoms with E-state index in [0.29, 0.717) is 16.9 Å². The summed E-state index contributed by atoms with van der Waals surface area (Å²) in [5.41, 5.74) is 0.909. The average molecular weight is 369 g/mol. The second-order valence-corrected chi connectivity index (χ2v) is 7.08. The molecular formula is C22H24FNO3. The molecule has 27 heavy (non-hydrogen) atoms. The fourth-order valence-corrected chi connectivity index (χ4v) is 3.60. The standard InChI is InChI=1S/C22H24FNO3/c1-15-4-3-5-16(2)24(15)21(25)14-27-20-12-8-18(9-13-20)22(26)17-6-10-19(23)11-7-17/h6-13,15-16H,3-5,14H2,1-2H3/t15-,16-/m0/s1. The van der Waals surface area contributed by atoms with Crippen LogP contribution in [0.1, 0.15) is 49.0 Å². The van der Waals surface area contributed by atoms with Crippen LogP contribution in [0.25, 0.3) is 0 Å². The molecule has 1 heterocycles. The number of benzene rings is 2. The number of nitrogens with zero attached hydrogens (tertiary/aromatic N) is 1. The Bertz CT molecular complexity index is 791. The number of hydrogen-bond donors (Lipinski definition) is 0. The maximum Gasteiger partial charge on any atom is 0.260 e. The van der Waals surface area contributed by atoms with Gasteiger partial charge in [-0.25, -0.2) is 4.39 Å². The zero-order valence-corrected chi connectivity index (χ0v) is 15.7.